The van der Waals surface area contributed by atoms with Gasteiger partial charge >= 0.3 is 0 Å². The normalized spacial score (nSPS) is 17.2. The average Bonchev–Trinajstić information content (AvgIpc) is 3.29. The van der Waals surface area contributed by atoms with Crippen molar-refractivity contribution >= 4 is 5.91 Å². The third-order valence-electron chi connectivity index (χ3n) is 5.07. The summed E-state index contributed by atoms with van der Waals surface area (Å²) in [5.41, 5.74) is 1.36. The molecule has 0 spiro atoms. The smallest absolute Gasteiger partial charge is 0.242 e. The van der Waals surface area contributed by atoms with Crippen LogP contribution >= 0.6 is 0 Å². The Balaban J connectivity index is 1.85. The van der Waals surface area contributed by atoms with Gasteiger partial charge in [-0.3, -0.25) is 10.1 Å². The molecule has 3 atom stereocenters. The molecule has 28 heavy (non-hydrogen) atoms. The van der Waals surface area contributed by atoms with Gasteiger partial charge in [0.05, 0.1) is 19.8 Å². The van der Waals surface area contributed by atoms with Gasteiger partial charge in [-0.15, -0.1) is 0 Å². The van der Waals surface area contributed by atoms with E-state index in [9.17, 15) is 15.0 Å². The summed E-state index contributed by atoms with van der Waals surface area (Å²) in [6.07, 6.45) is 2.32. The van der Waals surface area contributed by atoms with Crippen molar-refractivity contribution in [3.05, 3.63) is 59.8 Å². The van der Waals surface area contributed by atoms with Crippen LogP contribution in [0.4, 0.5) is 0 Å². The molecule has 0 saturated carbocycles. The van der Waals surface area contributed by atoms with E-state index in [2.05, 4.69) is 10.3 Å². The Hall–Kier alpha value is -2.48. The monoisotopic (exact) mass is 385 g/mol. The highest BCUT2D eigenvalue weighted by atomic mass is 16.5. The number of hydrogen-bond donors (Lipinski definition) is 3. The maximum Gasteiger partial charge on any atom is 0.242 e. The number of likely N-dealkylation sites (tertiary alicyclic amines) is 1. The number of methoxy groups -OCH3 is 1. The molecule has 1 saturated heterocycles. The molecule has 1 aromatic heterocycles. The fourth-order valence-corrected chi connectivity index (χ4v) is 3.47. The van der Waals surface area contributed by atoms with E-state index in [1.165, 1.54) is 13.3 Å². The SMILES string of the molecule is COc1ccc([C@@H](O)[C@H](N[C@@H](CO)c2ccccc2)C(=O)N2CCCC2)cn1. The fraction of sp³-hybridized carbons (Fsp3) is 0.429. The van der Waals surface area contributed by atoms with E-state index in [1.807, 2.05) is 30.3 Å². The minimum atomic E-state index is -1.11. The zero-order valence-electron chi connectivity index (χ0n) is 16.0. The number of hydrogen-bond acceptors (Lipinski definition) is 6. The van der Waals surface area contributed by atoms with E-state index in [-0.39, 0.29) is 12.5 Å². The Morgan fingerprint density at radius 3 is 2.46 bits per heavy atom. The first-order valence-electron chi connectivity index (χ1n) is 9.52. The van der Waals surface area contributed by atoms with E-state index >= 15 is 0 Å². The maximum atomic E-state index is 13.1. The number of ether oxygens (including phenoxy) is 1. The molecule has 0 aliphatic carbocycles. The Bertz CT molecular complexity index is 748. The molecule has 0 unspecified atom stereocenters. The molecule has 0 radical (unpaired) electrons. The van der Waals surface area contributed by atoms with Gasteiger partial charge in [0.15, 0.2) is 0 Å². The Labute approximate surface area is 165 Å². The van der Waals surface area contributed by atoms with Crippen LogP contribution < -0.4 is 10.1 Å². The van der Waals surface area contributed by atoms with E-state index in [0.29, 0.717) is 24.5 Å². The molecular weight excluding hydrogens is 358 g/mol. The van der Waals surface area contributed by atoms with E-state index in [1.54, 1.807) is 17.0 Å². The second-order valence-electron chi connectivity index (χ2n) is 6.90. The van der Waals surface area contributed by atoms with Crippen LogP contribution in [0.3, 0.4) is 0 Å². The van der Waals surface area contributed by atoms with Gasteiger partial charge < -0.3 is 19.8 Å². The summed E-state index contributed by atoms with van der Waals surface area (Å²) in [5.74, 6) is 0.263. The van der Waals surface area contributed by atoms with Crippen LogP contribution in [0.25, 0.3) is 0 Å². The molecule has 7 heteroatoms. The molecule has 2 heterocycles. The third kappa shape index (κ3) is 4.67. The lowest BCUT2D eigenvalue weighted by atomic mass is 9.99. The molecule has 0 bridgehead atoms. The van der Waals surface area contributed by atoms with Crippen LogP contribution in [0.15, 0.2) is 48.7 Å². The number of nitrogens with one attached hydrogen (secondary N) is 1. The molecular formula is C21H27N3O4. The van der Waals surface area contributed by atoms with Gasteiger partial charge in [0.2, 0.25) is 11.8 Å². The molecule has 7 nitrogen and oxygen atoms in total. The number of aliphatic hydroxyl groups is 2. The Morgan fingerprint density at radius 1 is 1.18 bits per heavy atom. The Morgan fingerprint density at radius 2 is 1.89 bits per heavy atom. The van der Waals surface area contributed by atoms with Crippen molar-refractivity contribution in [1.82, 2.24) is 15.2 Å². The number of rotatable bonds is 8. The van der Waals surface area contributed by atoms with Crippen molar-refractivity contribution in [1.29, 1.82) is 0 Å². The second-order valence-corrected chi connectivity index (χ2v) is 6.90. The lowest BCUT2D eigenvalue weighted by Crippen LogP contribution is -2.50. The number of carbonyl (C=O) groups is 1. The molecule has 3 N–H and O–H groups in total. The van der Waals surface area contributed by atoms with Crippen molar-refractivity contribution in [3.8, 4) is 5.88 Å². The number of carbonyl (C=O) groups excluding carboxylic acids is 1. The first kappa shape index (κ1) is 20.3. The third-order valence-corrected chi connectivity index (χ3v) is 5.07. The highest BCUT2D eigenvalue weighted by Crippen LogP contribution is 2.24. The second kappa shape index (κ2) is 9.64. The number of nitrogens with zero attached hydrogens (tertiary/aromatic N) is 2. The summed E-state index contributed by atoms with van der Waals surface area (Å²) in [4.78, 5) is 19.0. The van der Waals surface area contributed by atoms with Gasteiger partial charge in [-0.05, 0) is 24.5 Å². The lowest BCUT2D eigenvalue weighted by Gasteiger charge is -2.31. The molecule has 3 rings (SSSR count). The molecule has 150 valence electrons. The van der Waals surface area contributed by atoms with Crippen LogP contribution in [0.1, 0.15) is 36.1 Å². The van der Waals surface area contributed by atoms with Crippen molar-refractivity contribution in [3.63, 3.8) is 0 Å². The van der Waals surface area contributed by atoms with Crippen molar-refractivity contribution in [2.75, 3.05) is 26.8 Å². The number of pyridine rings is 1. The molecule has 1 aliphatic heterocycles. The van der Waals surface area contributed by atoms with E-state index in [4.69, 9.17) is 4.74 Å². The zero-order chi connectivity index (χ0) is 19.9. The highest BCUT2D eigenvalue weighted by molar-refractivity contribution is 5.83. The molecule has 1 amide bonds. The summed E-state index contributed by atoms with van der Waals surface area (Å²) in [6, 6.07) is 11.4. The predicted molar refractivity (Wildman–Crippen MR) is 105 cm³/mol. The Kier molecular flexibility index (Phi) is 6.97. The van der Waals surface area contributed by atoms with E-state index < -0.39 is 18.2 Å². The quantitative estimate of drug-likeness (QED) is 0.637. The molecule has 1 fully saturated rings. The van der Waals surface area contributed by atoms with Crippen LogP contribution in [0.2, 0.25) is 0 Å². The summed E-state index contributed by atoms with van der Waals surface area (Å²) >= 11 is 0. The van der Waals surface area contributed by atoms with E-state index in [0.717, 1.165) is 18.4 Å². The van der Waals surface area contributed by atoms with Gasteiger partial charge in [0.25, 0.3) is 0 Å². The number of benzene rings is 1. The topological polar surface area (TPSA) is 94.9 Å². The van der Waals surface area contributed by atoms with Gasteiger partial charge in [0, 0.05) is 30.9 Å². The maximum absolute atomic E-state index is 13.1. The number of aromatic nitrogens is 1. The molecule has 1 aromatic carbocycles. The van der Waals surface area contributed by atoms with Gasteiger partial charge in [-0.1, -0.05) is 30.3 Å². The molecule has 1 aliphatic rings. The van der Waals surface area contributed by atoms with Crippen LogP contribution in [-0.2, 0) is 4.79 Å². The van der Waals surface area contributed by atoms with Crippen molar-refractivity contribution < 1.29 is 19.7 Å². The summed E-state index contributed by atoms with van der Waals surface area (Å²) in [7, 11) is 1.52. The average molecular weight is 385 g/mol. The van der Waals surface area contributed by atoms with Crippen molar-refractivity contribution in [2.24, 2.45) is 0 Å². The fourth-order valence-electron chi connectivity index (χ4n) is 3.47. The highest BCUT2D eigenvalue weighted by Gasteiger charge is 2.34. The number of amides is 1. The number of aliphatic hydroxyl groups excluding tert-OH is 2. The minimum absolute atomic E-state index is 0.171. The van der Waals surface area contributed by atoms with Crippen molar-refractivity contribution in [2.45, 2.75) is 31.0 Å². The summed E-state index contributed by atoms with van der Waals surface area (Å²) < 4.78 is 5.06. The van der Waals surface area contributed by atoms with Crippen LogP contribution in [0, 0.1) is 0 Å². The van der Waals surface area contributed by atoms with Crippen LogP contribution in [-0.4, -0.2) is 58.9 Å². The summed E-state index contributed by atoms with van der Waals surface area (Å²) in [6.45, 7) is 1.17. The predicted octanol–water partition coefficient (Wildman–Crippen LogP) is 1.44. The van der Waals surface area contributed by atoms with Crippen LogP contribution in [0.5, 0.6) is 5.88 Å². The van der Waals surface area contributed by atoms with Gasteiger partial charge in [0.1, 0.15) is 12.1 Å². The van der Waals surface area contributed by atoms with Gasteiger partial charge in [-0.2, -0.15) is 0 Å². The lowest BCUT2D eigenvalue weighted by molar-refractivity contribution is -0.135. The standard InChI is InChI=1S/C21H27N3O4/c1-28-18-10-9-16(13-22-18)20(26)19(21(27)24-11-5-6-12-24)23-17(14-25)15-7-3-2-4-8-15/h2-4,7-10,13,17,19-20,23,25-26H,5-6,11-12,14H2,1H3/t17-,19-,20+/m0/s1. The zero-order valence-corrected chi connectivity index (χ0v) is 16.0. The van der Waals surface area contributed by atoms with Gasteiger partial charge in [-0.25, -0.2) is 4.98 Å². The largest absolute Gasteiger partial charge is 0.481 e. The summed E-state index contributed by atoms with van der Waals surface area (Å²) in [5, 5.41) is 24.1. The molecule has 2 aromatic rings. The minimum Gasteiger partial charge on any atom is -0.481 e. The first-order valence-corrected chi connectivity index (χ1v) is 9.52. The first-order chi connectivity index (χ1) is 13.6.